The summed E-state index contributed by atoms with van der Waals surface area (Å²) in [5, 5.41) is 3.12. The first-order chi connectivity index (χ1) is 13.7. The second-order valence-electron chi connectivity index (χ2n) is 7.84. The largest absolute Gasteiger partial charge is 0.467 e. The number of rotatable bonds is 7. The van der Waals surface area contributed by atoms with Gasteiger partial charge in [0.1, 0.15) is 5.76 Å². The van der Waals surface area contributed by atoms with Gasteiger partial charge in [0.2, 0.25) is 11.8 Å². The molecule has 1 N–H and O–H groups in total. The molecule has 154 valence electrons. The molecule has 0 spiro atoms. The van der Waals surface area contributed by atoms with Crippen LogP contribution in [-0.4, -0.2) is 80.3 Å². The number of nitrogens with zero attached hydrogens (tertiary/aromatic N) is 2. The van der Waals surface area contributed by atoms with E-state index < -0.39 is 0 Å². The van der Waals surface area contributed by atoms with E-state index in [1.807, 2.05) is 6.07 Å². The third kappa shape index (κ3) is 4.56. The smallest absolute Gasteiger partial charge is 0.225 e. The van der Waals surface area contributed by atoms with Gasteiger partial charge in [0, 0.05) is 51.2 Å². The lowest BCUT2D eigenvalue weighted by atomic mass is 9.96. The van der Waals surface area contributed by atoms with Crippen LogP contribution in [-0.2, 0) is 25.6 Å². The Morgan fingerprint density at radius 1 is 1.25 bits per heavy atom. The predicted octanol–water partition coefficient (Wildman–Crippen LogP) is 0.482. The molecule has 0 bridgehead atoms. The number of morpholine rings is 1. The fraction of sp³-hybridized carbons (Fsp3) is 0.700. The Bertz CT molecular complexity index is 653. The number of hydrogen-bond donors (Lipinski definition) is 1. The molecule has 0 aromatic carbocycles. The van der Waals surface area contributed by atoms with Gasteiger partial charge in [-0.2, -0.15) is 0 Å². The van der Waals surface area contributed by atoms with Crippen LogP contribution in [0.2, 0.25) is 0 Å². The van der Waals surface area contributed by atoms with Crippen LogP contribution in [0.15, 0.2) is 22.8 Å². The third-order valence-electron chi connectivity index (χ3n) is 6.02. The molecule has 28 heavy (non-hydrogen) atoms. The van der Waals surface area contributed by atoms with Crippen molar-refractivity contribution in [1.29, 1.82) is 0 Å². The fourth-order valence-corrected chi connectivity index (χ4v) is 4.40. The van der Waals surface area contributed by atoms with Gasteiger partial charge in [-0.05, 0) is 18.6 Å². The van der Waals surface area contributed by atoms with Crippen LogP contribution >= 0.6 is 0 Å². The molecule has 8 nitrogen and oxygen atoms in total. The maximum Gasteiger partial charge on any atom is 0.225 e. The van der Waals surface area contributed by atoms with Crippen LogP contribution in [0.5, 0.6) is 0 Å². The zero-order valence-electron chi connectivity index (χ0n) is 16.2. The molecule has 0 aliphatic carbocycles. The standard InChI is InChI=1S/C20H29N3O5/c24-19-10-16(12-23(19)13-17-2-1-6-28-17)20(25)21-11-18(15-3-7-27-14-15)22-4-8-26-9-5-22/h1-2,6,15-16,18H,3-5,7-14H2,(H,21,25). The quantitative estimate of drug-likeness (QED) is 0.728. The van der Waals surface area contributed by atoms with Gasteiger partial charge < -0.3 is 24.1 Å². The Morgan fingerprint density at radius 3 is 2.82 bits per heavy atom. The normalized spacial score (nSPS) is 27.3. The summed E-state index contributed by atoms with van der Waals surface area (Å²) in [6.45, 7) is 6.23. The third-order valence-corrected chi connectivity index (χ3v) is 6.02. The zero-order valence-corrected chi connectivity index (χ0v) is 16.2. The van der Waals surface area contributed by atoms with E-state index in [0.29, 0.717) is 25.6 Å². The van der Waals surface area contributed by atoms with E-state index >= 15 is 0 Å². The van der Waals surface area contributed by atoms with E-state index in [-0.39, 0.29) is 30.2 Å². The maximum absolute atomic E-state index is 12.8. The predicted molar refractivity (Wildman–Crippen MR) is 100 cm³/mol. The lowest BCUT2D eigenvalue weighted by molar-refractivity contribution is -0.129. The van der Waals surface area contributed by atoms with E-state index in [1.165, 1.54) is 0 Å². The average molecular weight is 391 g/mol. The zero-order chi connectivity index (χ0) is 19.3. The molecule has 4 rings (SSSR count). The Labute approximate surface area is 165 Å². The Hall–Kier alpha value is -1.90. The minimum atomic E-state index is -0.298. The van der Waals surface area contributed by atoms with Crippen molar-refractivity contribution in [2.24, 2.45) is 11.8 Å². The first-order valence-electron chi connectivity index (χ1n) is 10.2. The lowest BCUT2D eigenvalue weighted by Gasteiger charge is -2.37. The molecular weight excluding hydrogens is 362 g/mol. The molecule has 3 fully saturated rings. The summed E-state index contributed by atoms with van der Waals surface area (Å²) in [6.07, 6.45) is 2.89. The molecule has 0 saturated carbocycles. The van der Waals surface area contributed by atoms with Gasteiger partial charge in [-0.15, -0.1) is 0 Å². The van der Waals surface area contributed by atoms with Crippen molar-refractivity contribution in [3.05, 3.63) is 24.2 Å². The van der Waals surface area contributed by atoms with Crippen molar-refractivity contribution < 1.29 is 23.5 Å². The van der Waals surface area contributed by atoms with Crippen molar-refractivity contribution in [3.8, 4) is 0 Å². The Morgan fingerprint density at radius 2 is 2.11 bits per heavy atom. The highest BCUT2D eigenvalue weighted by Crippen LogP contribution is 2.23. The number of hydrogen-bond acceptors (Lipinski definition) is 6. The second kappa shape index (κ2) is 9.07. The van der Waals surface area contributed by atoms with E-state index in [2.05, 4.69) is 10.2 Å². The van der Waals surface area contributed by atoms with Crippen molar-refractivity contribution in [3.63, 3.8) is 0 Å². The van der Waals surface area contributed by atoms with Crippen LogP contribution in [0, 0.1) is 11.8 Å². The topological polar surface area (TPSA) is 84.2 Å². The summed E-state index contributed by atoms with van der Waals surface area (Å²) in [5.41, 5.74) is 0. The molecule has 3 saturated heterocycles. The lowest BCUT2D eigenvalue weighted by Crippen LogP contribution is -2.53. The highest BCUT2D eigenvalue weighted by molar-refractivity contribution is 5.89. The number of amides is 2. The minimum absolute atomic E-state index is 0.00507. The van der Waals surface area contributed by atoms with E-state index in [9.17, 15) is 9.59 Å². The average Bonchev–Trinajstić information content (AvgIpc) is 3.47. The Kier molecular flexibility index (Phi) is 6.29. The van der Waals surface area contributed by atoms with Gasteiger partial charge in [-0.25, -0.2) is 0 Å². The van der Waals surface area contributed by atoms with E-state index in [4.69, 9.17) is 13.9 Å². The second-order valence-corrected chi connectivity index (χ2v) is 7.84. The molecular formula is C20H29N3O5. The number of furan rings is 1. The number of nitrogens with one attached hydrogen (secondary N) is 1. The molecule has 1 aromatic rings. The van der Waals surface area contributed by atoms with Gasteiger partial charge in [-0.1, -0.05) is 0 Å². The van der Waals surface area contributed by atoms with E-state index in [0.717, 1.165) is 51.7 Å². The summed E-state index contributed by atoms with van der Waals surface area (Å²) < 4.78 is 16.4. The summed E-state index contributed by atoms with van der Waals surface area (Å²) >= 11 is 0. The fourth-order valence-electron chi connectivity index (χ4n) is 4.40. The first-order valence-corrected chi connectivity index (χ1v) is 10.2. The number of carbonyl (C=O) groups is 2. The van der Waals surface area contributed by atoms with Gasteiger partial charge in [0.15, 0.2) is 0 Å². The monoisotopic (exact) mass is 391 g/mol. The number of carbonyl (C=O) groups excluding carboxylic acids is 2. The van der Waals surface area contributed by atoms with Gasteiger partial charge in [-0.3, -0.25) is 14.5 Å². The summed E-state index contributed by atoms with van der Waals surface area (Å²) in [4.78, 5) is 29.1. The van der Waals surface area contributed by atoms with Crippen LogP contribution in [0.1, 0.15) is 18.6 Å². The molecule has 1 aromatic heterocycles. The van der Waals surface area contributed by atoms with Crippen molar-refractivity contribution in [1.82, 2.24) is 15.1 Å². The number of ether oxygens (including phenoxy) is 2. The molecule has 8 heteroatoms. The summed E-state index contributed by atoms with van der Waals surface area (Å²) in [7, 11) is 0. The van der Waals surface area contributed by atoms with Gasteiger partial charge in [0.25, 0.3) is 0 Å². The van der Waals surface area contributed by atoms with Crippen molar-refractivity contribution >= 4 is 11.8 Å². The summed E-state index contributed by atoms with van der Waals surface area (Å²) in [5.74, 6) is 0.840. The minimum Gasteiger partial charge on any atom is -0.467 e. The SMILES string of the molecule is O=C(NCC(C1CCOC1)N1CCOCC1)C1CC(=O)N(Cc2ccco2)C1. The number of likely N-dealkylation sites (tertiary alicyclic amines) is 1. The molecule has 4 heterocycles. The van der Waals surface area contributed by atoms with Gasteiger partial charge in [0.05, 0.1) is 38.5 Å². The molecule has 3 aliphatic rings. The highest BCUT2D eigenvalue weighted by Gasteiger charge is 2.36. The van der Waals surface area contributed by atoms with Crippen LogP contribution in [0.25, 0.3) is 0 Å². The van der Waals surface area contributed by atoms with Crippen molar-refractivity contribution in [2.45, 2.75) is 25.4 Å². The van der Waals surface area contributed by atoms with Crippen molar-refractivity contribution in [2.75, 3.05) is 52.6 Å². The molecule has 0 radical (unpaired) electrons. The Balaban J connectivity index is 1.31. The maximum atomic E-state index is 12.8. The van der Waals surface area contributed by atoms with Crippen LogP contribution in [0.3, 0.4) is 0 Å². The molecule has 3 unspecified atom stereocenters. The molecule has 3 atom stereocenters. The van der Waals surface area contributed by atoms with Gasteiger partial charge >= 0.3 is 0 Å². The summed E-state index contributed by atoms with van der Waals surface area (Å²) in [6, 6.07) is 3.90. The highest BCUT2D eigenvalue weighted by atomic mass is 16.5. The first kappa shape index (κ1) is 19.4. The molecule has 3 aliphatic heterocycles. The van der Waals surface area contributed by atoms with Crippen LogP contribution in [0.4, 0.5) is 0 Å². The molecule has 2 amide bonds. The van der Waals surface area contributed by atoms with E-state index in [1.54, 1.807) is 17.2 Å². The van der Waals surface area contributed by atoms with Crippen LogP contribution < -0.4 is 5.32 Å².